The van der Waals surface area contributed by atoms with Crippen molar-refractivity contribution in [2.24, 2.45) is 0 Å². The topological polar surface area (TPSA) is 406 Å². The summed E-state index contributed by atoms with van der Waals surface area (Å²) in [5.74, 6) is -0.765. The highest BCUT2D eigenvalue weighted by molar-refractivity contribution is 5.73. The molecule has 16 N–H and O–H groups in total. The molecule has 0 aliphatic carbocycles. The molecule has 0 radical (unpaired) electrons. The standard InChI is InChI=1S/C32H57NO24/c1-8-16(40)22(46)24(48)30(50-8)54-14(7-37)26(18(42)11(39)4-34)55-32-28(57-31-25(49)23(47)17(41)9(2)51-31)27(20(44)13(6-36)53-32)56-29-15(33-10(3)38)21(45)19(43)12(5-35)52-29/h8-9,11-32,34-37,39-49H,4-7H2,1-3H3,(H,33,38)/t8-,9-,11-,12-,13-,14+,15-,16+,17+,18+,19+,20+,21-,22+,23+,24-,25-,26-,27+,28-,29-,30-,31-,32+/m1/s1. The highest BCUT2D eigenvalue weighted by Crippen LogP contribution is 2.35. The Morgan fingerprint density at radius 1 is 0.579 bits per heavy atom. The quantitative estimate of drug-likeness (QED) is 0.0686. The Bertz CT molecular complexity index is 1240. The van der Waals surface area contributed by atoms with Crippen molar-refractivity contribution in [2.75, 3.05) is 26.4 Å². The molecule has 4 fully saturated rings. The van der Waals surface area contributed by atoms with Crippen molar-refractivity contribution in [3.8, 4) is 0 Å². The van der Waals surface area contributed by atoms with Crippen LogP contribution < -0.4 is 5.32 Å². The fourth-order valence-corrected chi connectivity index (χ4v) is 6.87. The predicted molar refractivity (Wildman–Crippen MR) is 178 cm³/mol. The summed E-state index contributed by atoms with van der Waals surface area (Å²) in [7, 11) is 0. The van der Waals surface area contributed by atoms with Crippen LogP contribution in [0.4, 0.5) is 0 Å². The van der Waals surface area contributed by atoms with Crippen molar-refractivity contribution in [3.63, 3.8) is 0 Å². The molecule has 24 atom stereocenters. The van der Waals surface area contributed by atoms with Gasteiger partial charge < -0.3 is 120 Å². The molecule has 0 aromatic carbocycles. The molecule has 4 aliphatic rings. The molecule has 4 rings (SSSR count). The van der Waals surface area contributed by atoms with E-state index in [0.29, 0.717) is 0 Å². The lowest BCUT2D eigenvalue weighted by Crippen LogP contribution is -2.69. The first kappa shape index (κ1) is 48.2. The van der Waals surface area contributed by atoms with Crippen molar-refractivity contribution in [2.45, 2.75) is 168 Å². The largest absolute Gasteiger partial charge is 0.394 e. The van der Waals surface area contributed by atoms with Crippen LogP contribution >= 0.6 is 0 Å². The number of nitrogens with one attached hydrogen (secondary N) is 1. The molecule has 25 nitrogen and oxygen atoms in total. The van der Waals surface area contributed by atoms with E-state index in [1.807, 2.05) is 0 Å². The zero-order chi connectivity index (χ0) is 42.6. The Kier molecular flexibility index (Phi) is 17.7. The molecule has 0 aromatic heterocycles. The molecule has 1 amide bonds. The normalized spacial score (nSPS) is 46.5. The average Bonchev–Trinajstić information content (AvgIpc) is 3.18. The minimum absolute atomic E-state index is 0.765. The molecule has 4 aliphatic heterocycles. The van der Waals surface area contributed by atoms with Gasteiger partial charge in [0.05, 0.1) is 38.6 Å². The van der Waals surface area contributed by atoms with Gasteiger partial charge in [0.15, 0.2) is 25.2 Å². The lowest BCUT2D eigenvalue weighted by Gasteiger charge is -2.50. The molecule has 334 valence electrons. The van der Waals surface area contributed by atoms with Crippen LogP contribution in [0.25, 0.3) is 0 Å². The van der Waals surface area contributed by atoms with Crippen LogP contribution in [0.1, 0.15) is 20.8 Å². The molecule has 0 unspecified atom stereocenters. The zero-order valence-corrected chi connectivity index (χ0v) is 31.1. The molecule has 0 bridgehead atoms. The number of aliphatic hydroxyl groups excluding tert-OH is 15. The molecule has 0 spiro atoms. The number of rotatable bonds is 16. The van der Waals surface area contributed by atoms with E-state index in [-0.39, 0.29) is 0 Å². The number of hydrogen-bond acceptors (Lipinski definition) is 24. The van der Waals surface area contributed by atoms with E-state index in [1.165, 1.54) is 13.8 Å². The van der Waals surface area contributed by atoms with Gasteiger partial charge in [-0.05, 0) is 13.8 Å². The van der Waals surface area contributed by atoms with Crippen LogP contribution in [0.15, 0.2) is 0 Å². The van der Waals surface area contributed by atoms with Crippen LogP contribution in [0.3, 0.4) is 0 Å². The Morgan fingerprint density at radius 3 is 1.61 bits per heavy atom. The van der Waals surface area contributed by atoms with Crippen molar-refractivity contribution in [3.05, 3.63) is 0 Å². The van der Waals surface area contributed by atoms with E-state index in [0.717, 1.165) is 6.92 Å². The van der Waals surface area contributed by atoms with Crippen LogP contribution in [0.2, 0.25) is 0 Å². The van der Waals surface area contributed by atoms with Gasteiger partial charge in [0.25, 0.3) is 0 Å². The third-order valence-corrected chi connectivity index (χ3v) is 10.3. The molecular formula is C32H57NO24. The third kappa shape index (κ3) is 10.7. The van der Waals surface area contributed by atoms with Crippen molar-refractivity contribution in [1.82, 2.24) is 5.32 Å². The fraction of sp³-hybridized carbons (Fsp3) is 0.969. The summed E-state index contributed by atoms with van der Waals surface area (Å²) in [5, 5.41) is 160. The van der Waals surface area contributed by atoms with Gasteiger partial charge in [-0.2, -0.15) is 0 Å². The third-order valence-electron chi connectivity index (χ3n) is 10.3. The Labute approximate surface area is 325 Å². The van der Waals surface area contributed by atoms with Crippen molar-refractivity contribution >= 4 is 5.91 Å². The summed E-state index contributed by atoms with van der Waals surface area (Å²) in [6, 6.07) is -1.63. The summed E-state index contributed by atoms with van der Waals surface area (Å²) >= 11 is 0. The Morgan fingerprint density at radius 2 is 1.09 bits per heavy atom. The number of aliphatic hydroxyl groups is 15. The lowest BCUT2D eigenvalue weighted by atomic mass is 9.95. The number of carbonyl (C=O) groups excluding carboxylic acids is 1. The maximum absolute atomic E-state index is 12.1. The molecular weight excluding hydrogens is 782 g/mol. The number of carbonyl (C=O) groups is 1. The highest BCUT2D eigenvalue weighted by atomic mass is 16.8. The first-order valence-electron chi connectivity index (χ1n) is 18.2. The second kappa shape index (κ2) is 20.9. The van der Waals surface area contributed by atoms with E-state index < -0.39 is 180 Å². The first-order chi connectivity index (χ1) is 26.8. The zero-order valence-electron chi connectivity index (χ0n) is 31.1. The fourth-order valence-electron chi connectivity index (χ4n) is 6.87. The number of ether oxygens (including phenoxy) is 8. The number of hydrogen-bond donors (Lipinski definition) is 16. The SMILES string of the molecule is CC(=O)N[C@H]1[C@@H](O[C@H]2[C@@H](O)[C@@H](CO)O[C@@H](O[C@@H]([C@@H](O)[C@H](O)CO)[C@H](CO)O[C@H]3O[C@H](C)[C@H](O)[C@H](O)[C@H]3O)[C@@H]2O[C@H]2O[C@H](C)[C@H](O)[C@H](O)[C@H]2O)O[C@H](CO)[C@H](O)[C@@H]1O. The van der Waals surface area contributed by atoms with E-state index in [4.69, 9.17) is 37.9 Å². The monoisotopic (exact) mass is 839 g/mol. The highest BCUT2D eigenvalue weighted by Gasteiger charge is 2.56. The van der Waals surface area contributed by atoms with Crippen molar-refractivity contribution in [1.29, 1.82) is 0 Å². The van der Waals surface area contributed by atoms with Gasteiger partial charge in [0.1, 0.15) is 110 Å². The molecule has 4 saturated heterocycles. The van der Waals surface area contributed by atoms with Crippen LogP contribution in [-0.2, 0) is 42.7 Å². The second-order valence-electron chi connectivity index (χ2n) is 14.4. The summed E-state index contributed by atoms with van der Waals surface area (Å²) in [5.41, 5.74) is 0. The second-order valence-corrected chi connectivity index (χ2v) is 14.4. The smallest absolute Gasteiger partial charge is 0.217 e. The van der Waals surface area contributed by atoms with Crippen molar-refractivity contribution < 1.29 is 119 Å². The maximum atomic E-state index is 12.1. The van der Waals surface area contributed by atoms with Gasteiger partial charge in [-0.25, -0.2) is 0 Å². The van der Waals surface area contributed by atoms with E-state index in [9.17, 15) is 81.4 Å². The molecule has 57 heavy (non-hydrogen) atoms. The summed E-state index contributed by atoms with van der Waals surface area (Å²) in [6.07, 6.45) is -42.4. The Balaban J connectivity index is 1.79. The van der Waals surface area contributed by atoms with E-state index in [1.54, 1.807) is 0 Å². The summed E-state index contributed by atoms with van der Waals surface area (Å²) in [4.78, 5) is 12.1. The first-order valence-corrected chi connectivity index (χ1v) is 18.2. The van der Waals surface area contributed by atoms with Crippen LogP contribution in [0.5, 0.6) is 0 Å². The van der Waals surface area contributed by atoms with Gasteiger partial charge in [-0.15, -0.1) is 0 Å². The summed E-state index contributed by atoms with van der Waals surface area (Å²) < 4.78 is 46.2. The van der Waals surface area contributed by atoms with Gasteiger partial charge in [0, 0.05) is 6.92 Å². The molecule has 0 saturated carbocycles. The molecule has 25 heteroatoms. The van der Waals surface area contributed by atoms with Crippen LogP contribution in [-0.4, -0.2) is 256 Å². The predicted octanol–water partition coefficient (Wildman–Crippen LogP) is -10.1. The average molecular weight is 840 g/mol. The Hall–Kier alpha value is -1.45. The molecule has 0 aromatic rings. The number of amides is 1. The summed E-state index contributed by atoms with van der Waals surface area (Å²) in [6.45, 7) is -0.511. The maximum Gasteiger partial charge on any atom is 0.217 e. The minimum atomic E-state index is -2.25. The van der Waals surface area contributed by atoms with Gasteiger partial charge in [-0.3, -0.25) is 4.79 Å². The van der Waals surface area contributed by atoms with E-state index in [2.05, 4.69) is 5.32 Å². The molecule has 4 heterocycles. The van der Waals surface area contributed by atoms with Crippen LogP contribution in [0, 0.1) is 0 Å². The lowest BCUT2D eigenvalue weighted by molar-refractivity contribution is -0.396. The van der Waals surface area contributed by atoms with Gasteiger partial charge >= 0.3 is 0 Å². The minimum Gasteiger partial charge on any atom is -0.394 e. The van der Waals surface area contributed by atoms with Gasteiger partial charge in [-0.1, -0.05) is 0 Å². The van der Waals surface area contributed by atoms with Gasteiger partial charge in [0.2, 0.25) is 5.91 Å². The van der Waals surface area contributed by atoms with E-state index >= 15 is 0 Å².